The third kappa shape index (κ3) is 5.53. The molecule has 30 heavy (non-hydrogen) atoms. The zero-order valence-corrected chi connectivity index (χ0v) is 18.7. The molecule has 0 saturated carbocycles. The third-order valence-electron chi connectivity index (χ3n) is 4.95. The molecule has 2 rings (SSSR count). The molecule has 2 saturated heterocycles. The Bertz CT molecular complexity index is 863. The van der Waals surface area contributed by atoms with Crippen molar-refractivity contribution in [2.75, 3.05) is 26.4 Å². The van der Waals surface area contributed by atoms with Crippen molar-refractivity contribution < 1.29 is 53.7 Å². The van der Waals surface area contributed by atoms with Crippen LogP contribution in [-0.4, -0.2) is 77.3 Å². The SMILES string of the molecule is CCC(C)(CC(C)(C)S(=O)(=O)OCC1COC(=O)O1)S(=O)(=O)OCC1COC(=O)O1. The number of rotatable bonds is 11. The van der Waals surface area contributed by atoms with Gasteiger partial charge in [-0.3, -0.25) is 8.37 Å². The van der Waals surface area contributed by atoms with Gasteiger partial charge in [0.15, 0.2) is 12.2 Å². The van der Waals surface area contributed by atoms with Gasteiger partial charge in [-0.15, -0.1) is 0 Å². The van der Waals surface area contributed by atoms with Gasteiger partial charge < -0.3 is 18.9 Å². The van der Waals surface area contributed by atoms with Crippen LogP contribution in [0.4, 0.5) is 9.59 Å². The first-order chi connectivity index (χ1) is 13.7. The molecule has 2 heterocycles. The van der Waals surface area contributed by atoms with E-state index in [0.717, 1.165) is 0 Å². The van der Waals surface area contributed by atoms with Gasteiger partial charge in [-0.05, 0) is 33.6 Å². The molecule has 0 N–H and O–H groups in total. The largest absolute Gasteiger partial charge is 0.508 e. The Morgan fingerprint density at radius 1 is 0.867 bits per heavy atom. The van der Waals surface area contributed by atoms with E-state index in [1.54, 1.807) is 6.92 Å². The van der Waals surface area contributed by atoms with E-state index in [0.29, 0.717) is 0 Å². The molecule has 12 nitrogen and oxygen atoms in total. The van der Waals surface area contributed by atoms with Crippen LogP contribution in [0.25, 0.3) is 0 Å². The van der Waals surface area contributed by atoms with Crippen molar-refractivity contribution in [1.82, 2.24) is 0 Å². The molecule has 2 aliphatic heterocycles. The minimum atomic E-state index is -4.26. The summed E-state index contributed by atoms with van der Waals surface area (Å²) in [6, 6.07) is 0. The highest BCUT2D eigenvalue weighted by molar-refractivity contribution is 7.89. The maximum atomic E-state index is 12.8. The van der Waals surface area contributed by atoms with Gasteiger partial charge in [0.05, 0.1) is 9.49 Å². The maximum Gasteiger partial charge on any atom is 0.508 e. The first kappa shape index (κ1) is 24.6. The van der Waals surface area contributed by atoms with Gasteiger partial charge in [-0.25, -0.2) is 9.59 Å². The van der Waals surface area contributed by atoms with Gasteiger partial charge in [-0.1, -0.05) is 6.92 Å². The second-order valence-corrected chi connectivity index (χ2v) is 12.2. The second-order valence-electron chi connectivity index (χ2n) is 7.82. The molecule has 0 spiro atoms. The Labute approximate surface area is 175 Å². The van der Waals surface area contributed by atoms with Crippen molar-refractivity contribution in [3.05, 3.63) is 0 Å². The van der Waals surface area contributed by atoms with E-state index in [-0.39, 0.29) is 26.1 Å². The lowest BCUT2D eigenvalue weighted by Gasteiger charge is -2.35. The van der Waals surface area contributed by atoms with Gasteiger partial charge in [0, 0.05) is 0 Å². The number of cyclic esters (lactones) is 4. The van der Waals surface area contributed by atoms with E-state index in [2.05, 4.69) is 9.47 Å². The van der Waals surface area contributed by atoms with Crippen LogP contribution in [0, 0.1) is 0 Å². The fourth-order valence-electron chi connectivity index (χ4n) is 2.91. The van der Waals surface area contributed by atoms with Crippen LogP contribution in [0.3, 0.4) is 0 Å². The third-order valence-corrected chi connectivity index (χ3v) is 8.98. The Morgan fingerprint density at radius 3 is 1.67 bits per heavy atom. The first-order valence-electron chi connectivity index (χ1n) is 9.16. The topological polar surface area (TPSA) is 158 Å². The Hall–Kier alpha value is -1.64. The molecule has 0 aromatic heterocycles. The molecular formula is C16H26O12S2. The average Bonchev–Trinajstić information content (AvgIpc) is 3.25. The number of carbonyl (C=O) groups excluding carboxylic acids is 2. The molecule has 3 unspecified atom stereocenters. The lowest BCUT2D eigenvalue weighted by Crippen LogP contribution is -2.47. The summed E-state index contributed by atoms with van der Waals surface area (Å²) in [7, 11) is -8.53. The van der Waals surface area contributed by atoms with Crippen molar-refractivity contribution in [3.63, 3.8) is 0 Å². The van der Waals surface area contributed by atoms with Crippen molar-refractivity contribution in [2.45, 2.75) is 62.2 Å². The Kier molecular flexibility index (Phi) is 7.26. The predicted octanol–water partition coefficient (Wildman–Crippen LogP) is 1.09. The number of ether oxygens (including phenoxy) is 4. The zero-order valence-electron chi connectivity index (χ0n) is 17.1. The minimum Gasteiger partial charge on any atom is -0.430 e. The molecule has 0 aromatic rings. The summed E-state index contributed by atoms with van der Waals surface area (Å²) in [5.41, 5.74) is 0. The normalized spacial score (nSPS) is 24.5. The van der Waals surface area contributed by atoms with Gasteiger partial charge in [-0.2, -0.15) is 16.8 Å². The van der Waals surface area contributed by atoms with Gasteiger partial charge in [0.25, 0.3) is 20.2 Å². The lowest BCUT2D eigenvalue weighted by atomic mass is 9.95. The molecule has 14 heteroatoms. The Morgan fingerprint density at radius 2 is 1.30 bits per heavy atom. The smallest absolute Gasteiger partial charge is 0.430 e. The van der Waals surface area contributed by atoms with E-state index in [4.69, 9.17) is 17.8 Å². The van der Waals surface area contributed by atoms with Crippen LogP contribution in [0.1, 0.15) is 40.5 Å². The summed E-state index contributed by atoms with van der Waals surface area (Å²) in [5, 5.41) is 0. The average molecular weight is 475 g/mol. The molecule has 174 valence electrons. The first-order valence-corrected chi connectivity index (χ1v) is 12.0. The van der Waals surface area contributed by atoms with Crippen LogP contribution in [0.5, 0.6) is 0 Å². The lowest BCUT2D eigenvalue weighted by molar-refractivity contribution is 0.0979. The van der Waals surface area contributed by atoms with Crippen LogP contribution in [-0.2, 0) is 47.5 Å². The standard InChI is InChI=1S/C16H26O12S2/c1-5-16(4,30(21,22)26-9-12-7-24-14(18)28-12)10-15(2,3)29(19,20)25-8-11-6-23-13(17)27-11/h11-12H,5-10H2,1-4H3. The number of carbonyl (C=O) groups is 2. The van der Waals surface area contributed by atoms with Gasteiger partial charge >= 0.3 is 12.3 Å². The van der Waals surface area contributed by atoms with E-state index < -0.39 is 67.5 Å². The summed E-state index contributed by atoms with van der Waals surface area (Å²) >= 11 is 0. The molecule has 2 fully saturated rings. The molecule has 0 bridgehead atoms. The summed E-state index contributed by atoms with van der Waals surface area (Å²) in [5.74, 6) is 0. The molecule has 0 aromatic carbocycles. The van der Waals surface area contributed by atoms with E-state index in [1.807, 2.05) is 0 Å². The van der Waals surface area contributed by atoms with Gasteiger partial charge in [0.2, 0.25) is 0 Å². The highest BCUT2D eigenvalue weighted by Crippen LogP contribution is 2.37. The van der Waals surface area contributed by atoms with Gasteiger partial charge in [0.1, 0.15) is 26.4 Å². The molecular weight excluding hydrogens is 448 g/mol. The Balaban J connectivity index is 2.05. The number of hydrogen-bond donors (Lipinski definition) is 0. The molecule has 0 radical (unpaired) electrons. The van der Waals surface area contributed by atoms with Crippen LogP contribution in [0.15, 0.2) is 0 Å². The van der Waals surface area contributed by atoms with E-state index >= 15 is 0 Å². The summed E-state index contributed by atoms with van der Waals surface area (Å²) in [6.45, 7) is 4.43. The summed E-state index contributed by atoms with van der Waals surface area (Å²) in [6.07, 6.45) is -3.87. The van der Waals surface area contributed by atoms with Crippen molar-refractivity contribution in [3.8, 4) is 0 Å². The fraction of sp³-hybridized carbons (Fsp3) is 0.875. The zero-order chi connectivity index (χ0) is 22.8. The minimum absolute atomic E-state index is 0.0450. The van der Waals surface area contributed by atoms with E-state index in [1.165, 1.54) is 20.8 Å². The summed E-state index contributed by atoms with van der Waals surface area (Å²) < 4.78 is 76.4. The fourth-order valence-corrected chi connectivity index (χ4v) is 5.65. The summed E-state index contributed by atoms with van der Waals surface area (Å²) in [4.78, 5) is 21.9. The van der Waals surface area contributed by atoms with Crippen molar-refractivity contribution in [2.24, 2.45) is 0 Å². The molecule has 2 aliphatic rings. The predicted molar refractivity (Wildman–Crippen MR) is 99.6 cm³/mol. The van der Waals surface area contributed by atoms with Crippen molar-refractivity contribution >= 4 is 32.5 Å². The van der Waals surface area contributed by atoms with Crippen LogP contribution >= 0.6 is 0 Å². The molecule has 3 atom stereocenters. The molecule has 0 aliphatic carbocycles. The second kappa shape index (κ2) is 8.85. The number of hydrogen-bond acceptors (Lipinski definition) is 12. The monoisotopic (exact) mass is 474 g/mol. The maximum absolute atomic E-state index is 12.8. The van der Waals surface area contributed by atoms with Crippen LogP contribution in [0.2, 0.25) is 0 Å². The van der Waals surface area contributed by atoms with Crippen LogP contribution < -0.4 is 0 Å². The quantitative estimate of drug-likeness (QED) is 0.310. The highest BCUT2D eigenvalue weighted by atomic mass is 32.2. The molecule has 0 amide bonds. The van der Waals surface area contributed by atoms with Crippen molar-refractivity contribution in [1.29, 1.82) is 0 Å². The highest BCUT2D eigenvalue weighted by Gasteiger charge is 2.49. The van der Waals surface area contributed by atoms with E-state index in [9.17, 15) is 26.4 Å².